The number of amides is 2. The van der Waals surface area contributed by atoms with E-state index in [1.807, 2.05) is 18.7 Å². The minimum absolute atomic E-state index is 0.00330. The van der Waals surface area contributed by atoms with Crippen molar-refractivity contribution in [2.75, 3.05) is 39.3 Å². The highest BCUT2D eigenvalue weighted by molar-refractivity contribution is 5.86. The number of nitrogens with one attached hydrogen (secondary N) is 1. The average Bonchev–Trinajstić information content (AvgIpc) is 2.35. The Kier molecular flexibility index (Phi) is 4.19. The molecule has 102 valence electrons. The van der Waals surface area contributed by atoms with Crippen LogP contribution in [0, 0.1) is 0 Å². The van der Waals surface area contributed by atoms with Gasteiger partial charge in [-0.05, 0) is 13.8 Å². The molecular weight excluding hydrogens is 234 g/mol. The van der Waals surface area contributed by atoms with Crippen LogP contribution in [0.15, 0.2) is 0 Å². The van der Waals surface area contributed by atoms with Crippen molar-refractivity contribution in [3.63, 3.8) is 0 Å². The van der Waals surface area contributed by atoms with Gasteiger partial charge in [-0.15, -0.1) is 0 Å². The summed E-state index contributed by atoms with van der Waals surface area (Å²) in [6.45, 7) is 7.01. The van der Waals surface area contributed by atoms with E-state index in [0.29, 0.717) is 26.2 Å². The Hall–Kier alpha value is -1.14. The lowest BCUT2D eigenvalue weighted by Crippen LogP contribution is -2.56. The number of carbonyl (C=O) groups is 2. The lowest BCUT2D eigenvalue weighted by molar-refractivity contribution is -0.148. The number of piperazine rings is 1. The number of nitrogens with zero attached hydrogens (tertiary/aromatic N) is 2. The van der Waals surface area contributed by atoms with E-state index >= 15 is 0 Å². The van der Waals surface area contributed by atoms with Crippen molar-refractivity contribution >= 4 is 11.8 Å². The summed E-state index contributed by atoms with van der Waals surface area (Å²) < 4.78 is 5.50. The Morgan fingerprint density at radius 3 is 3.00 bits per heavy atom. The fourth-order valence-electron chi connectivity index (χ4n) is 2.32. The van der Waals surface area contributed by atoms with Crippen LogP contribution in [-0.4, -0.2) is 73.1 Å². The first kappa shape index (κ1) is 13.3. The molecule has 6 nitrogen and oxygen atoms in total. The van der Waals surface area contributed by atoms with Gasteiger partial charge in [-0.2, -0.15) is 0 Å². The van der Waals surface area contributed by atoms with Gasteiger partial charge in [-0.1, -0.05) is 0 Å². The predicted molar refractivity (Wildman–Crippen MR) is 66.0 cm³/mol. The molecule has 2 amide bonds. The Labute approximate surface area is 107 Å². The van der Waals surface area contributed by atoms with E-state index in [9.17, 15) is 9.59 Å². The third kappa shape index (κ3) is 3.00. The summed E-state index contributed by atoms with van der Waals surface area (Å²) in [5, 5.41) is 3.00. The highest BCUT2D eigenvalue weighted by Gasteiger charge is 2.29. The monoisotopic (exact) mass is 255 g/mol. The van der Waals surface area contributed by atoms with Gasteiger partial charge in [-0.25, -0.2) is 0 Å². The highest BCUT2D eigenvalue weighted by atomic mass is 16.5. The molecule has 0 bridgehead atoms. The van der Waals surface area contributed by atoms with Crippen LogP contribution in [0.25, 0.3) is 0 Å². The molecule has 2 rings (SSSR count). The molecule has 0 spiro atoms. The molecule has 6 heteroatoms. The second kappa shape index (κ2) is 5.67. The molecule has 2 aliphatic heterocycles. The van der Waals surface area contributed by atoms with Crippen LogP contribution in [0.2, 0.25) is 0 Å². The maximum atomic E-state index is 12.2. The fourth-order valence-corrected chi connectivity index (χ4v) is 2.32. The van der Waals surface area contributed by atoms with Crippen molar-refractivity contribution in [3.05, 3.63) is 0 Å². The van der Waals surface area contributed by atoms with Crippen molar-refractivity contribution in [2.45, 2.75) is 26.0 Å². The predicted octanol–water partition coefficient (Wildman–Crippen LogP) is -0.946. The summed E-state index contributed by atoms with van der Waals surface area (Å²) in [5.41, 5.74) is 0. The van der Waals surface area contributed by atoms with E-state index in [0.717, 1.165) is 6.54 Å². The molecule has 0 aliphatic carbocycles. The van der Waals surface area contributed by atoms with Crippen LogP contribution in [-0.2, 0) is 14.3 Å². The number of rotatable bonds is 2. The zero-order valence-electron chi connectivity index (χ0n) is 11.0. The van der Waals surface area contributed by atoms with Gasteiger partial charge in [0.05, 0.1) is 31.8 Å². The van der Waals surface area contributed by atoms with E-state index in [-0.39, 0.29) is 30.5 Å². The van der Waals surface area contributed by atoms with Crippen LogP contribution in [0.3, 0.4) is 0 Å². The van der Waals surface area contributed by atoms with Gasteiger partial charge < -0.3 is 19.9 Å². The van der Waals surface area contributed by atoms with Gasteiger partial charge in [0, 0.05) is 19.6 Å². The first-order valence-electron chi connectivity index (χ1n) is 6.47. The van der Waals surface area contributed by atoms with Crippen molar-refractivity contribution in [2.24, 2.45) is 0 Å². The molecule has 2 saturated heterocycles. The van der Waals surface area contributed by atoms with Crippen molar-refractivity contribution in [1.29, 1.82) is 0 Å². The molecule has 2 fully saturated rings. The Morgan fingerprint density at radius 1 is 1.50 bits per heavy atom. The molecule has 0 aromatic rings. The number of hydrogen-bond donors (Lipinski definition) is 1. The van der Waals surface area contributed by atoms with E-state index in [1.54, 1.807) is 4.90 Å². The number of morpholine rings is 1. The van der Waals surface area contributed by atoms with Gasteiger partial charge in [0.1, 0.15) is 0 Å². The molecule has 0 aromatic heterocycles. The smallest absolute Gasteiger partial charge is 0.242 e. The topological polar surface area (TPSA) is 61.9 Å². The number of carbonyl (C=O) groups excluding carboxylic acids is 2. The maximum absolute atomic E-state index is 12.2. The summed E-state index contributed by atoms with van der Waals surface area (Å²) in [4.78, 5) is 27.3. The van der Waals surface area contributed by atoms with Crippen LogP contribution in [0.4, 0.5) is 0 Å². The average molecular weight is 255 g/mol. The van der Waals surface area contributed by atoms with Gasteiger partial charge in [-0.3, -0.25) is 9.59 Å². The summed E-state index contributed by atoms with van der Waals surface area (Å²) in [7, 11) is 0. The molecule has 0 radical (unpaired) electrons. The second-order valence-corrected chi connectivity index (χ2v) is 5.03. The van der Waals surface area contributed by atoms with E-state index in [1.165, 1.54) is 0 Å². The summed E-state index contributed by atoms with van der Waals surface area (Å²) in [6.07, 6.45) is 0.0730. The Bertz CT molecular complexity index is 335. The van der Waals surface area contributed by atoms with E-state index in [4.69, 9.17) is 4.74 Å². The van der Waals surface area contributed by atoms with Crippen molar-refractivity contribution in [1.82, 2.24) is 15.1 Å². The zero-order chi connectivity index (χ0) is 13.1. The minimum atomic E-state index is 0.00330. The summed E-state index contributed by atoms with van der Waals surface area (Å²) >= 11 is 0. The first-order valence-corrected chi connectivity index (χ1v) is 6.47. The van der Waals surface area contributed by atoms with E-state index in [2.05, 4.69) is 5.32 Å². The van der Waals surface area contributed by atoms with Crippen LogP contribution in [0.5, 0.6) is 0 Å². The van der Waals surface area contributed by atoms with Crippen LogP contribution in [0.1, 0.15) is 13.8 Å². The highest BCUT2D eigenvalue weighted by Crippen LogP contribution is 2.12. The SMILES string of the molecule is C[C@@H]1CN(C(=O)CN2CCNCC2=O)[C@H](C)CO1. The molecule has 2 aliphatic rings. The molecule has 0 aromatic carbocycles. The third-order valence-corrected chi connectivity index (χ3v) is 3.44. The van der Waals surface area contributed by atoms with Gasteiger partial charge in [0.15, 0.2) is 0 Å². The molecular formula is C12H21N3O3. The number of hydrogen-bond acceptors (Lipinski definition) is 4. The molecule has 2 heterocycles. The maximum Gasteiger partial charge on any atom is 0.242 e. The largest absolute Gasteiger partial charge is 0.375 e. The van der Waals surface area contributed by atoms with Gasteiger partial charge in [0.2, 0.25) is 11.8 Å². The van der Waals surface area contributed by atoms with Gasteiger partial charge >= 0.3 is 0 Å². The third-order valence-electron chi connectivity index (χ3n) is 3.44. The summed E-state index contributed by atoms with van der Waals surface area (Å²) in [5.74, 6) is 0.0245. The molecule has 18 heavy (non-hydrogen) atoms. The standard InChI is InChI=1S/C12H21N3O3/c1-9-8-18-10(2)6-15(9)12(17)7-14-4-3-13-5-11(14)16/h9-10,13H,3-8H2,1-2H3/t9-,10-/m1/s1. The molecule has 0 unspecified atom stereocenters. The van der Waals surface area contributed by atoms with E-state index < -0.39 is 0 Å². The van der Waals surface area contributed by atoms with Gasteiger partial charge in [0.25, 0.3) is 0 Å². The quantitative estimate of drug-likeness (QED) is 0.691. The van der Waals surface area contributed by atoms with Crippen LogP contribution >= 0.6 is 0 Å². The molecule has 1 N–H and O–H groups in total. The lowest BCUT2D eigenvalue weighted by atomic mass is 10.2. The number of ether oxygens (including phenoxy) is 1. The fraction of sp³-hybridized carbons (Fsp3) is 0.833. The lowest BCUT2D eigenvalue weighted by Gasteiger charge is -2.38. The van der Waals surface area contributed by atoms with Crippen LogP contribution < -0.4 is 5.32 Å². The Balaban J connectivity index is 1.91. The summed E-state index contributed by atoms with van der Waals surface area (Å²) in [6, 6.07) is 0.0896. The first-order chi connectivity index (χ1) is 8.58. The second-order valence-electron chi connectivity index (χ2n) is 5.03. The Morgan fingerprint density at radius 2 is 2.28 bits per heavy atom. The molecule has 0 saturated carbocycles. The molecule has 2 atom stereocenters. The minimum Gasteiger partial charge on any atom is -0.375 e. The normalized spacial score (nSPS) is 29.6. The zero-order valence-corrected chi connectivity index (χ0v) is 11.0. The van der Waals surface area contributed by atoms with Crippen molar-refractivity contribution in [3.8, 4) is 0 Å². The van der Waals surface area contributed by atoms with Crippen molar-refractivity contribution < 1.29 is 14.3 Å².